The molecule has 266 valence electrons. The molecule has 4 aliphatic rings. The maximum Gasteiger partial charge on any atom is 0.271 e. The normalized spacial score (nSPS) is 18.5. The molecule has 0 unspecified atom stereocenters. The van der Waals surface area contributed by atoms with Crippen molar-refractivity contribution in [2.24, 2.45) is 9.98 Å². The van der Waals surface area contributed by atoms with Gasteiger partial charge in [-0.1, -0.05) is 71.2 Å². The third-order valence-electron chi connectivity index (χ3n) is 9.80. The zero-order valence-electron chi connectivity index (χ0n) is 29.8. The largest absolute Gasteiger partial charge is 0.481 e. The van der Waals surface area contributed by atoms with E-state index in [1.165, 1.54) is 22.7 Å². The van der Waals surface area contributed by atoms with Gasteiger partial charge in [0.15, 0.2) is 0 Å². The Morgan fingerprint density at radius 3 is 1.54 bits per heavy atom. The Bertz CT molecular complexity index is 2790. The summed E-state index contributed by atoms with van der Waals surface area (Å²) in [4.78, 5) is 51.1. The van der Waals surface area contributed by atoms with Crippen molar-refractivity contribution in [2.45, 2.75) is 38.9 Å². The number of carbonyl (C=O) groups is 2. The Morgan fingerprint density at radius 1 is 0.679 bits per heavy atom. The quantitative estimate of drug-likeness (QED) is 0.125. The van der Waals surface area contributed by atoms with E-state index in [2.05, 4.69) is 14.8 Å². The zero-order chi connectivity index (χ0) is 39.3. The van der Waals surface area contributed by atoms with Crippen molar-refractivity contribution in [3.05, 3.63) is 117 Å². The summed E-state index contributed by atoms with van der Waals surface area (Å²) < 4.78 is 13.2. The van der Waals surface area contributed by atoms with Gasteiger partial charge in [-0.3, -0.25) is 9.59 Å². The molecule has 2 aromatic heterocycles. The van der Waals surface area contributed by atoms with Crippen LogP contribution in [0.25, 0.3) is 36.9 Å². The van der Waals surface area contributed by atoms with Crippen molar-refractivity contribution in [3.8, 4) is 50.6 Å². The Kier molecular flexibility index (Phi) is 7.42. The predicted octanol–water partition coefficient (Wildman–Crippen LogP) is 9.08. The Morgan fingerprint density at radius 2 is 1.11 bits per heavy atom. The van der Waals surface area contributed by atoms with Gasteiger partial charge in [0.25, 0.3) is 5.70 Å². The van der Waals surface area contributed by atoms with E-state index in [1.54, 1.807) is 48.5 Å². The number of ether oxygens (including phenoxy) is 2. The van der Waals surface area contributed by atoms with Crippen LogP contribution in [-0.2, 0) is 11.2 Å². The predicted molar refractivity (Wildman–Crippen MR) is 209 cm³/mol. The summed E-state index contributed by atoms with van der Waals surface area (Å²) in [6.45, 7) is 15.1. The third kappa shape index (κ3) is 4.91. The van der Waals surface area contributed by atoms with Gasteiger partial charge in [-0.15, -0.1) is 0 Å². The van der Waals surface area contributed by atoms with Gasteiger partial charge in [0.1, 0.15) is 63.2 Å². The molecule has 0 bridgehead atoms. The van der Waals surface area contributed by atoms with E-state index in [-0.39, 0.29) is 44.1 Å². The van der Waals surface area contributed by atoms with Gasteiger partial charge in [0.05, 0.1) is 22.4 Å². The number of thiazole rings is 2. The molecular formula is C42H22N8O4S2. The van der Waals surface area contributed by atoms with Crippen LogP contribution in [0.15, 0.2) is 81.9 Å². The molecule has 0 saturated heterocycles. The molecule has 0 saturated carbocycles. The summed E-state index contributed by atoms with van der Waals surface area (Å²) in [7, 11) is 0. The van der Waals surface area contributed by atoms with Crippen LogP contribution in [0.2, 0.25) is 0 Å². The number of nitriles is 3. The first kappa shape index (κ1) is 34.4. The van der Waals surface area contributed by atoms with Crippen LogP contribution < -0.4 is 9.47 Å². The summed E-state index contributed by atoms with van der Waals surface area (Å²) >= 11 is 2.51. The lowest BCUT2D eigenvalue weighted by Crippen LogP contribution is -2.31. The average Bonchev–Trinajstić information content (AvgIpc) is 3.94. The first-order valence-corrected chi connectivity index (χ1v) is 18.6. The third-order valence-corrected chi connectivity index (χ3v) is 11.8. The lowest BCUT2D eigenvalue weighted by atomic mass is 9.92. The van der Waals surface area contributed by atoms with Crippen LogP contribution >= 0.6 is 22.7 Å². The first-order valence-electron chi connectivity index (χ1n) is 17.0. The van der Waals surface area contributed by atoms with Crippen molar-refractivity contribution in [1.29, 1.82) is 15.8 Å². The molecule has 0 N–H and O–H groups in total. The number of rotatable bonds is 2. The highest BCUT2D eigenvalue weighted by molar-refractivity contribution is 7.19. The molecule has 4 heterocycles. The molecule has 3 aromatic carbocycles. The summed E-state index contributed by atoms with van der Waals surface area (Å²) in [5.74, 6) is 0.297. The van der Waals surface area contributed by atoms with E-state index in [9.17, 15) is 25.4 Å². The lowest BCUT2D eigenvalue weighted by Gasteiger charge is -2.35. The van der Waals surface area contributed by atoms with E-state index in [1.807, 2.05) is 58.0 Å². The number of ketones is 2. The molecule has 0 radical (unpaired) electrons. The van der Waals surface area contributed by atoms with Crippen molar-refractivity contribution in [3.63, 3.8) is 0 Å². The second-order valence-electron chi connectivity index (χ2n) is 14.0. The monoisotopic (exact) mass is 766 g/mol. The van der Waals surface area contributed by atoms with E-state index in [0.29, 0.717) is 56.3 Å². The summed E-state index contributed by atoms with van der Waals surface area (Å²) in [5, 5.41) is 29.8. The van der Waals surface area contributed by atoms with E-state index >= 15 is 0 Å². The highest BCUT2D eigenvalue weighted by Gasteiger charge is 2.43. The minimum atomic E-state index is -0.929. The number of allylic oxidation sites excluding steroid dienone is 4. The number of fused-ring (bicyclic) bond motifs is 8. The topological polar surface area (TPSA) is 179 Å². The van der Waals surface area contributed by atoms with Crippen molar-refractivity contribution < 1.29 is 19.1 Å². The number of hydrogen-bond acceptors (Lipinski definition) is 13. The molecule has 5 aromatic rings. The van der Waals surface area contributed by atoms with Crippen LogP contribution in [0.3, 0.4) is 0 Å². The summed E-state index contributed by atoms with van der Waals surface area (Å²) in [6.07, 6.45) is 0. The molecule has 56 heavy (non-hydrogen) atoms. The second-order valence-corrected chi connectivity index (χ2v) is 16.0. The number of carbonyl (C=O) groups excluding carboxylic acids is 2. The zero-order valence-corrected chi connectivity index (χ0v) is 31.4. The number of aliphatic imine (C=N–C) groups is 2. The molecule has 9 rings (SSSR count). The van der Waals surface area contributed by atoms with Crippen LogP contribution in [0.5, 0.6) is 11.5 Å². The lowest BCUT2D eigenvalue weighted by molar-refractivity contribution is 0.0957. The van der Waals surface area contributed by atoms with Crippen molar-refractivity contribution in [2.75, 3.05) is 0 Å². The Hall–Kier alpha value is -7.36. The fraction of sp³-hybridized carbons (Fsp3) is 0.143. The number of hydrogen-bond donors (Lipinski definition) is 0. The van der Waals surface area contributed by atoms with Gasteiger partial charge < -0.3 is 9.47 Å². The molecule has 0 atom stereocenters. The minimum absolute atomic E-state index is 0.0151. The maximum absolute atomic E-state index is 13.6. The summed E-state index contributed by atoms with van der Waals surface area (Å²) in [5.41, 5.74) is 2.29. The molecule has 14 heteroatoms. The fourth-order valence-corrected chi connectivity index (χ4v) is 9.56. The van der Waals surface area contributed by atoms with Gasteiger partial charge >= 0.3 is 0 Å². The number of Topliss-reactive ketones (excluding diaryl/α,β-unsaturated/α-hetero) is 2. The van der Waals surface area contributed by atoms with Gasteiger partial charge in [-0.25, -0.2) is 30.1 Å². The van der Waals surface area contributed by atoms with Crippen LogP contribution in [-0.4, -0.2) is 33.0 Å². The Balaban J connectivity index is 1.16. The number of aromatic nitrogens is 2. The second kappa shape index (κ2) is 12.1. The molecule has 12 nitrogen and oxygen atoms in total. The minimum Gasteiger partial charge on any atom is -0.481 e. The Labute approximate surface area is 327 Å². The average molecular weight is 767 g/mol. The molecule has 0 spiro atoms. The molecular weight excluding hydrogens is 745 g/mol. The van der Waals surface area contributed by atoms with Gasteiger partial charge in [-0.05, 0) is 51.0 Å². The molecule has 2 aliphatic heterocycles. The highest BCUT2D eigenvalue weighted by atomic mass is 32.1. The van der Waals surface area contributed by atoms with E-state index in [0.717, 1.165) is 9.75 Å². The van der Waals surface area contributed by atoms with Crippen LogP contribution in [0.4, 0.5) is 10.3 Å². The van der Waals surface area contributed by atoms with Gasteiger partial charge in [0.2, 0.25) is 21.8 Å². The van der Waals surface area contributed by atoms with Crippen LogP contribution in [0.1, 0.15) is 70.9 Å². The smallest absolute Gasteiger partial charge is 0.271 e. The van der Waals surface area contributed by atoms with E-state index in [4.69, 9.17) is 26.0 Å². The highest BCUT2D eigenvalue weighted by Crippen LogP contribution is 2.56. The van der Waals surface area contributed by atoms with Gasteiger partial charge in [0, 0.05) is 33.4 Å². The van der Waals surface area contributed by atoms with Gasteiger partial charge in [-0.2, -0.15) is 10.5 Å². The molecule has 0 fully saturated rings. The van der Waals surface area contributed by atoms with Crippen molar-refractivity contribution >= 4 is 67.1 Å². The SMILES string of the molecule is [C-]#[N+]C(C#N)=C1C(=Nc2nc3c(s2)-c2cc4c(cc2OC3(C)C)-c2sc(N=C3C(=O)c5ccccc5C3=C(C#N)C#N)nc2C(C)(C)O4)C(=O)c2ccccc21. The maximum atomic E-state index is 13.6. The number of nitrogens with zero attached hydrogens (tertiary/aromatic N) is 8. The number of benzene rings is 3. The first-order chi connectivity index (χ1) is 26.9. The van der Waals surface area contributed by atoms with Crippen LogP contribution in [0, 0.1) is 40.6 Å². The standard InChI is InChI=1S/C42H22N8O4S2/c1-41(2)37-35(55-39(49-37)47-31-29(19(16-43)17-44)20-10-6-8-12-22(20)33(31)51)24-14-28-25(15-27(24)53-41)36-38(42(3,4)54-28)50-40(56-36)48-32-30(26(18-45)46-5)21-11-7-9-13-23(21)34(32)52/h6-15H,1-4H3. The van der Waals surface area contributed by atoms with Crippen molar-refractivity contribution in [1.82, 2.24) is 9.97 Å². The summed E-state index contributed by atoms with van der Waals surface area (Å²) in [6, 6.07) is 23.1. The molecule has 0 amide bonds. The van der Waals surface area contributed by atoms with E-state index < -0.39 is 22.8 Å². The molecule has 2 aliphatic carbocycles. The fourth-order valence-electron chi connectivity index (χ4n) is 7.33.